The maximum absolute atomic E-state index is 9.32. The number of aliphatic hydroxyl groups is 2. The van der Waals surface area contributed by atoms with Gasteiger partial charge in [-0.2, -0.15) is 0 Å². The van der Waals surface area contributed by atoms with Crippen molar-refractivity contribution >= 4 is 0 Å². The van der Waals surface area contributed by atoms with Crippen LogP contribution in [0, 0.1) is 0 Å². The Hall–Kier alpha value is -0.280. The van der Waals surface area contributed by atoms with Crippen molar-refractivity contribution in [2.75, 3.05) is 85.6 Å². The van der Waals surface area contributed by atoms with Crippen LogP contribution >= 0.6 is 0 Å². The van der Waals surface area contributed by atoms with Crippen LogP contribution in [-0.4, -0.2) is 112 Å². The molecule has 7 nitrogen and oxygen atoms in total. The van der Waals surface area contributed by atoms with Gasteiger partial charge in [-0.15, -0.1) is 0 Å². The van der Waals surface area contributed by atoms with Gasteiger partial charge in [-0.25, -0.2) is 0 Å². The molecule has 1 unspecified atom stereocenters. The zero-order chi connectivity index (χ0) is 16.0. The molecule has 0 aromatic carbocycles. The highest BCUT2D eigenvalue weighted by atomic mass is 16.5. The molecular weight excluding hydrogens is 288 g/mol. The van der Waals surface area contributed by atoms with Gasteiger partial charge in [0.15, 0.2) is 0 Å². The van der Waals surface area contributed by atoms with Gasteiger partial charge in [0.1, 0.15) is 0 Å². The number of nitrogens with zero attached hydrogens (tertiary/aromatic N) is 2. The third kappa shape index (κ3) is 8.99. The van der Waals surface area contributed by atoms with Gasteiger partial charge in [0.25, 0.3) is 0 Å². The lowest BCUT2D eigenvalue weighted by Gasteiger charge is -2.27. The summed E-state index contributed by atoms with van der Waals surface area (Å²) in [6.07, 6.45) is 0. The summed E-state index contributed by atoms with van der Waals surface area (Å²) in [5.74, 6) is 0. The highest BCUT2D eigenvalue weighted by Crippen LogP contribution is 1.99. The second kappa shape index (κ2) is 13.2. The summed E-state index contributed by atoms with van der Waals surface area (Å²) >= 11 is 0. The normalized spacial score (nSPS) is 23.6. The quantitative estimate of drug-likeness (QED) is 0.690. The number of hydrogen-bond donors (Lipinski definition) is 2. The summed E-state index contributed by atoms with van der Waals surface area (Å²) in [6.45, 7) is 9.75. The highest BCUT2D eigenvalue weighted by molar-refractivity contribution is 4.66. The first-order valence-corrected chi connectivity index (χ1v) is 8.19. The van der Waals surface area contributed by atoms with Crippen LogP contribution in [0.25, 0.3) is 0 Å². The topological polar surface area (TPSA) is 74.6 Å². The summed E-state index contributed by atoms with van der Waals surface area (Å²) in [4.78, 5) is 4.31. The van der Waals surface area contributed by atoms with E-state index >= 15 is 0 Å². The van der Waals surface area contributed by atoms with E-state index in [0.717, 1.165) is 26.2 Å². The zero-order valence-electron chi connectivity index (χ0n) is 13.8. The van der Waals surface area contributed by atoms with Crippen LogP contribution in [0.15, 0.2) is 0 Å². The molecule has 22 heavy (non-hydrogen) atoms. The Bertz CT molecular complexity index is 258. The summed E-state index contributed by atoms with van der Waals surface area (Å²) < 4.78 is 16.8. The first kappa shape index (κ1) is 19.8. The Kier molecular flexibility index (Phi) is 11.8. The van der Waals surface area contributed by atoms with Crippen LogP contribution in [0.5, 0.6) is 0 Å². The lowest BCUT2D eigenvalue weighted by Crippen LogP contribution is -2.40. The first-order chi connectivity index (χ1) is 10.8. The van der Waals surface area contributed by atoms with Crippen molar-refractivity contribution < 1.29 is 24.4 Å². The van der Waals surface area contributed by atoms with Gasteiger partial charge in [-0.05, 0) is 6.92 Å². The summed E-state index contributed by atoms with van der Waals surface area (Å²) in [5.41, 5.74) is 0. The number of hydrogen-bond acceptors (Lipinski definition) is 7. The zero-order valence-corrected chi connectivity index (χ0v) is 13.8. The molecule has 0 saturated carbocycles. The summed E-state index contributed by atoms with van der Waals surface area (Å²) in [6, 6.07) is 0.102. The first-order valence-electron chi connectivity index (χ1n) is 8.19. The average Bonchev–Trinajstić information content (AvgIpc) is 2.54. The van der Waals surface area contributed by atoms with Gasteiger partial charge >= 0.3 is 0 Å². The Morgan fingerprint density at radius 1 is 0.818 bits per heavy atom. The van der Waals surface area contributed by atoms with Crippen LogP contribution in [-0.2, 0) is 14.2 Å². The molecule has 0 aliphatic carbocycles. The van der Waals surface area contributed by atoms with Gasteiger partial charge in [0.2, 0.25) is 0 Å². The van der Waals surface area contributed by atoms with Crippen molar-refractivity contribution in [3.05, 3.63) is 0 Å². The molecule has 1 aliphatic rings. The smallest absolute Gasteiger partial charge is 0.0701 e. The Balaban J connectivity index is 2.40. The second-order valence-electron chi connectivity index (χ2n) is 5.47. The van der Waals surface area contributed by atoms with Crippen molar-refractivity contribution in [2.24, 2.45) is 0 Å². The summed E-state index contributed by atoms with van der Waals surface area (Å²) in [7, 11) is 0. The predicted octanol–water partition coefficient (Wildman–Crippen LogP) is -0.973. The molecule has 1 fully saturated rings. The maximum Gasteiger partial charge on any atom is 0.0701 e. The van der Waals surface area contributed by atoms with Crippen LogP contribution in [0.2, 0.25) is 0 Å². The molecule has 0 spiro atoms. The Morgan fingerprint density at radius 2 is 1.32 bits per heavy atom. The Labute approximate surface area is 133 Å². The fourth-order valence-electron chi connectivity index (χ4n) is 2.32. The number of β-amino-alcohol motifs (C(OH)–C–C–N with tert-alkyl or cyclic N) is 1. The van der Waals surface area contributed by atoms with E-state index in [0.29, 0.717) is 46.2 Å². The van der Waals surface area contributed by atoms with E-state index in [-0.39, 0.29) is 19.3 Å². The molecule has 1 aliphatic heterocycles. The van der Waals surface area contributed by atoms with Crippen molar-refractivity contribution in [3.8, 4) is 0 Å². The lowest BCUT2D eigenvalue weighted by atomic mass is 10.3. The molecule has 1 rings (SSSR count). The van der Waals surface area contributed by atoms with Crippen molar-refractivity contribution in [2.45, 2.75) is 13.0 Å². The molecule has 0 amide bonds. The van der Waals surface area contributed by atoms with E-state index in [4.69, 9.17) is 19.3 Å². The Morgan fingerprint density at radius 3 is 1.82 bits per heavy atom. The molecule has 0 aromatic rings. The monoisotopic (exact) mass is 320 g/mol. The SMILES string of the molecule is CC(CO)N1CCOCCOCCN(CCO)CCOCC1. The van der Waals surface area contributed by atoms with E-state index in [9.17, 15) is 5.11 Å². The fraction of sp³-hybridized carbons (Fsp3) is 1.00. The minimum Gasteiger partial charge on any atom is -0.395 e. The highest BCUT2D eigenvalue weighted by Gasteiger charge is 2.13. The van der Waals surface area contributed by atoms with Crippen LogP contribution in [0.3, 0.4) is 0 Å². The third-order valence-electron chi connectivity index (χ3n) is 3.83. The molecule has 7 heteroatoms. The molecule has 0 aromatic heterocycles. The van der Waals surface area contributed by atoms with E-state index in [1.807, 2.05) is 6.92 Å². The number of rotatable bonds is 4. The molecule has 1 saturated heterocycles. The molecule has 0 radical (unpaired) electrons. The fourth-order valence-corrected chi connectivity index (χ4v) is 2.32. The predicted molar refractivity (Wildman–Crippen MR) is 84.1 cm³/mol. The minimum atomic E-state index is 0.102. The van der Waals surface area contributed by atoms with Crippen LogP contribution < -0.4 is 0 Å². The number of aliphatic hydroxyl groups excluding tert-OH is 2. The van der Waals surface area contributed by atoms with Crippen molar-refractivity contribution in [1.82, 2.24) is 9.80 Å². The molecular formula is C15H32N2O5. The van der Waals surface area contributed by atoms with Crippen molar-refractivity contribution in [1.29, 1.82) is 0 Å². The summed E-state index contributed by atoms with van der Waals surface area (Å²) in [5, 5.41) is 18.4. The minimum absolute atomic E-state index is 0.102. The largest absolute Gasteiger partial charge is 0.395 e. The van der Waals surface area contributed by atoms with E-state index in [1.165, 1.54) is 0 Å². The standard InChI is InChI=1S/C15H32N2O5/c1-15(14-19)17-5-10-20-8-3-16(2-7-18)4-9-21-12-13-22-11-6-17/h15,18-19H,2-14H2,1H3. The molecule has 0 bridgehead atoms. The number of ether oxygens (including phenoxy) is 3. The van der Waals surface area contributed by atoms with E-state index in [2.05, 4.69) is 9.80 Å². The lowest BCUT2D eigenvalue weighted by molar-refractivity contribution is 0.0234. The maximum atomic E-state index is 9.32. The third-order valence-corrected chi connectivity index (χ3v) is 3.83. The average molecular weight is 320 g/mol. The van der Waals surface area contributed by atoms with E-state index < -0.39 is 0 Å². The molecule has 132 valence electrons. The molecule has 2 N–H and O–H groups in total. The van der Waals surface area contributed by atoms with E-state index in [1.54, 1.807) is 0 Å². The second-order valence-corrected chi connectivity index (χ2v) is 5.47. The molecule has 1 heterocycles. The van der Waals surface area contributed by atoms with Crippen LogP contribution in [0.4, 0.5) is 0 Å². The van der Waals surface area contributed by atoms with Crippen LogP contribution in [0.1, 0.15) is 6.92 Å². The van der Waals surface area contributed by atoms with Crippen molar-refractivity contribution in [3.63, 3.8) is 0 Å². The molecule has 1 atom stereocenters. The van der Waals surface area contributed by atoms with Gasteiger partial charge < -0.3 is 24.4 Å². The van der Waals surface area contributed by atoms with Gasteiger partial charge in [0, 0.05) is 38.8 Å². The van der Waals surface area contributed by atoms with Gasteiger partial charge in [0.05, 0.1) is 52.9 Å². The van der Waals surface area contributed by atoms with Gasteiger partial charge in [-0.3, -0.25) is 9.80 Å². The van der Waals surface area contributed by atoms with Gasteiger partial charge in [-0.1, -0.05) is 0 Å².